The molecule has 0 aliphatic rings. The van der Waals surface area contributed by atoms with Crippen LogP contribution in [0.1, 0.15) is 16.2 Å². The van der Waals surface area contributed by atoms with Crippen LogP contribution in [0, 0.1) is 13.5 Å². The Morgan fingerprint density at radius 3 is 3.09 bits per heavy atom. The summed E-state index contributed by atoms with van der Waals surface area (Å²) in [4.78, 5) is 13.9. The molecular weight excluding hydrogens is 144 g/mol. The second-order valence-corrected chi connectivity index (χ2v) is 2.06. The van der Waals surface area contributed by atoms with Gasteiger partial charge in [0.1, 0.15) is 5.76 Å². The number of ketones is 1. The van der Waals surface area contributed by atoms with Crippen molar-refractivity contribution in [2.24, 2.45) is 0 Å². The summed E-state index contributed by atoms with van der Waals surface area (Å²) in [6, 6.07) is 1.52. The molecule has 0 fully saturated rings. The minimum absolute atomic E-state index is 0.161. The standard InChI is InChI=1S/C7H6N2O2/c1-5-3-6(9-11-5)7(10)4-8-2/h3H,4H2,1H3. The molecule has 0 atom stereocenters. The zero-order valence-corrected chi connectivity index (χ0v) is 6.00. The topological polar surface area (TPSA) is 47.5 Å². The van der Waals surface area contributed by atoms with Crippen molar-refractivity contribution in [2.75, 3.05) is 6.54 Å². The first kappa shape index (κ1) is 7.48. The van der Waals surface area contributed by atoms with Crippen LogP contribution in [0.25, 0.3) is 4.85 Å². The minimum Gasteiger partial charge on any atom is -0.361 e. The van der Waals surface area contributed by atoms with Crippen LogP contribution in [0.2, 0.25) is 0 Å². The normalized spacial score (nSPS) is 9.09. The Hall–Kier alpha value is -1.63. The number of carbonyl (C=O) groups excluding carboxylic acids is 1. The third-order valence-electron chi connectivity index (χ3n) is 1.14. The molecule has 0 bridgehead atoms. The summed E-state index contributed by atoms with van der Waals surface area (Å²) in [5.41, 5.74) is 0.235. The lowest BCUT2D eigenvalue weighted by atomic mass is 10.3. The van der Waals surface area contributed by atoms with Crippen molar-refractivity contribution in [1.29, 1.82) is 0 Å². The fourth-order valence-corrected chi connectivity index (χ4v) is 0.651. The number of hydrogen-bond donors (Lipinski definition) is 0. The molecule has 1 aromatic rings. The molecular formula is C7H6N2O2. The van der Waals surface area contributed by atoms with Crippen molar-refractivity contribution in [2.45, 2.75) is 6.92 Å². The number of hydrogen-bond acceptors (Lipinski definition) is 3. The van der Waals surface area contributed by atoms with Crippen molar-refractivity contribution in [3.8, 4) is 0 Å². The molecule has 0 N–H and O–H groups in total. The molecule has 1 rings (SSSR count). The number of aromatic nitrogens is 1. The second kappa shape index (κ2) is 2.97. The molecule has 4 nitrogen and oxygen atoms in total. The first-order valence-electron chi connectivity index (χ1n) is 3.04. The van der Waals surface area contributed by atoms with Gasteiger partial charge in [-0.05, 0) is 6.92 Å². The molecule has 0 radical (unpaired) electrons. The van der Waals surface area contributed by atoms with Crippen LogP contribution in [-0.2, 0) is 0 Å². The Bertz CT molecular complexity index is 308. The summed E-state index contributed by atoms with van der Waals surface area (Å²) in [7, 11) is 0. The van der Waals surface area contributed by atoms with Gasteiger partial charge in [0.15, 0.2) is 5.69 Å². The van der Waals surface area contributed by atoms with Crippen LogP contribution < -0.4 is 0 Å². The van der Waals surface area contributed by atoms with E-state index in [2.05, 4.69) is 14.5 Å². The molecule has 1 heterocycles. The van der Waals surface area contributed by atoms with Gasteiger partial charge < -0.3 is 9.37 Å². The van der Waals surface area contributed by atoms with Crippen molar-refractivity contribution >= 4 is 5.78 Å². The maximum Gasteiger partial charge on any atom is 0.278 e. The summed E-state index contributed by atoms with van der Waals surface area (Å²) >= 11 is 0. The number of rotatable bonds is 2. The highest BCUT2D eigenvalue weighted by molar-refractivity contribution is 5.96. The Labute approximate surface area is 63.6 Å². The SMILES string of the molecule is [C-]#[N+]CC(=O)c1cc(C)on1. The highest BCUT2D eigenvalue weighted by Crippen LogP contribution is 2.02. The van der Waals surface area contributed by atoms with Crippen LogP contribution in [-0.4, -0.2) is 17.5 Å². The fraction of sp³-hybridized carbons (Fsp3) is 0.286. The van der Waals surface area contributed by atoms with Gasteiger partial charge in [-0.3, -0.25) is 4.79 Å². The van der Waals surface area contributed by atoms with Gasteiger partial charge >= 0.3 is 0 Å². The van der Waals surface area contributed by atoms with Gasteiger partial charge in [0.2, 0.25) is 0 Å². The second-order valence-electron chi connectivity index (χ2n) is 2.06. The van der Waals surface area contributed by atoms with Crippen LogP contribution in [0.3, 0.4) is 0 Å². The molecule has 0 aliphatic heterocycles. The van der Waals surface area contributed by atoms with E-state index in [0.717, 1.165) is 0 Å². The lowest BCUT2D eigenvalue weighted by molar-refractivity contribution is 0.100. The summed E-state index contributed by atoms with van der Waals surface area (Å²) in [6.45, 7) is 7.97. The average Bonchev–Trinajstić information content (AvgIpc) is 2.36. The fourth-order valence-electron chi connectivity index (χ4n) is 0.651. The molecule has 0 saturated carbocycles. The quantitative estimate of drug-likeness (QED) is 0.468. The van der Waals surface area contributed by atoms with E-state index in [1.165, 1.54) is 6.07 Å². The van der Waals surface area contributed by atoms with E-state index >= 15 is 0 Å². The van der Waals surface area contributed by atoms with Crippen molar-refractivity contribution in [1.82, 2.24) is 5.16 Å². The number of nitrogens with zero attached hydrogens (tertiary/aromatic N) is 2. The van der Waals surface area contributed by atoms with Crippen molar-refractivity contribution < 1.29 is 9.32 Å². The van der Waals surface area contributed by atoms with Crippen LogP contribution in [0.4, 0.5) is 0 Å². The zero-order chi connectivity index (χ0) is 8.27. The monoisotopic (exact) mass is 150 g/mol. The molecule has 0 aliphatic carbocycles. The zero-order valence-electron chi connectivity index (χ0n) is 6.00. The number of carbonyl (C=O) groups is 1. The first-order chi connectivity index (χ1) is 5.24. The lowest BCUT2D eigenvalue weighted by Crippen LogP contribution is -2.01. The van der Waals surface area contributed by atoms with Gasteiger partial charge in [-0.1, -0.05) is 5.16 Å². The highest BCUT2D eigenvalue weighted by atomic mass is 16.5. The van der Waals surface area contributed by atoms with Crippen molar-refractivity contribution in [3.63, 3.8) is 0 Å². The maximum atomic E-state index is 10.9. The molecule has 0 amide bonds. The smallest absolute Gasteiger partial charge is 0.278 e. The minimum atomic E-state index is -0.295. The summed E-state index contributed by atoms with van der Waals surface area (Å²) in [5.74, 6) is 0.287. The van der Waals surface area contributed by atoms with E-state index in [-0.39, 0.29) is 18.0 Å². The molecule has 1 aromatic heterocycles. The van der Waals surface area contributed by atoms with Gasteiger partial charge in [0, 0.05) is 6.07 Å². The molecule has 0 unspecified atom stereocenters. The van der Waals surface area contributed by atoms with Gasteiger partial charge in [-0.2, -0.15) is 0 Å². The summed E-state index contributed by atoms with van der Waals surface area (Å²) in [5, 5.41) is 3.47. The first-order valence-corrected chi connectivity index (χ1v) is 3.04. The molecule has 56 valence electrons. The predicted octanol–water partition coefficient (Wildman–Crippen LogP) is 1.09. The summed E-state index contributed by atoms with van der Waals surface area (Å²) in [6.07, 6.45) is 0. The Morgan fingerprint density at radius 2 is 2.64 bits per heavy atom. The Balaban J connectivity index is 2.78. The summed E-state index contributed by atoms with van der Waals surface area (Å²) < 4.78 is 4.66. The van der Waals surface area contributed by atoms with Crippen molar-refractivity contribution in [3.05, 3.63) is 28.9 Å². The Morgan fingerprint density at radius 1 is 1.91 bits per heavy atom. The van der Waals surface area contributed by atoms with E-state index in [0.29, 0.717) is 5.76 Å². The third-order valence-corrected chi connectivity index (χ3v) is 1.14. The van der Waals surface area contributed by atoms with Crippen LogP contribution >= 0.6 is 0 Å². The molecule has 11 heavy (non-hydrogen) atoms. The molecule has 0 aromatic carbocycles. The molecule has 0 saturated heterocycles. The van der Waals surface area contributed by atoms with Gasteiger partial charge in [0.05, 0.1) is 0 Å². The number of aryl methyl sites for hydroxylation is 1. The largest absolute Gasteiger partial charge is 0.361 e. The van der Waals surface area contributed by atoms with E-state index in [4.69, 9.17) is 6.57 Å². The van der Waals surface area contributed by atoms with E-state index in [9.17, 15) is 4.79 Å². The van der Waals surface area contributed by atoms with Crippen LogP contribution in [0.15, 0.2) is 10.6 Å². The number of Topliss-reactive ketones (excluding diaryl/α,β-unsaturated/α-hetero) is 1. The average molecular weight is 150 g/mol. The van der Waals surface area contributed by atoms with Gasteiger partial charge in [0.25, 0.3) is 12.3 Å². The molecule has 0 spiro atoms. The molecule has 4 heteroatoms. The maximum absolute atomic E-state index is 10.9. The van der Waals surface area contributed by atoms with E-state index in [1.54, 1.807) is 6.92 Å². The highest BCUT2D eigenvalue weighted by Gasteiger charge is 2.12. The van der Waals surface area contributed by atoms with Gasteiger partial charge in [-0.15, -0.1) is 0 Å². The Kier molecular flexibility index (Phi) is 2.02. The third kappa shape index (κ3) is 1.64. The predicted molar refractivity (Wildman–Crippen MR) is 37.0 cm³/mol. The van der Waals surface area contributed by atoms with Crippen LogP contribution in [0.5, 0.6) is 0 Å². The van der Waals surface area contributed by atoms with Gasteiger partial charge in [-0.25, -0.2) is 6.57 Å². The van der Waals surface area contributed by atoms with E-state index < -0.39 is 0 Å². The lowest BCUT2D eigenvalue weighted by Gasteiger charge is -1.80. The van der Waals surface area contributed by atoms with E-state index in [1.807, 2.05) is 0 Å².